The topological polar surface area (TPSA) is 58.6 Å². The summed E-state index contributed by atoms with van der Waals surface area (Å²) in [5, 5.41) is 12.5. The number of fused-ring (bicyclic) bond motifs is 1. The Balaban J connectivity index is 2.48. The summed E-state index contributed by atoms with van der Waals surface area (Å²) in [6.07, 6.45) is -0.949. The number of hydrogen-bond donors (Lipinski definition) is 2. The fourth-order valence-electron chi connectivity index (χ4n) is 2.02. The van der Waals surface area contributed by atoms with Gasteiger partial charge in [0.1, 0.15) is 11.9 Å². The summed E-state index contributed by atoms with van der Waals surface area (Å²) in [7, 11) is 1.45. The largest absolute Gasteiger partial charge is 0.386 e. The predicted molar refractivity (Wildman–Crippen MR) is 60.3 cm³/mol. The van der Waals surface area contributed by atoms with Crippen molar-refractivity contribution in [1.29, 1.82) is 0 Å². The number of benzene rings is 1. The van der Waals surface area contributed by atoms with E-state index >= 15 is 0 Å². The first-order chi connectivity index (χ1) is 8.04. The van der Waals surface area contributed by atoms with Crippen LogP contribution >= 0.6 is 0 Å². The van der Waals surface area contributed by atoms with Crippen LogP contribution in [0.3, 0.4) is 0 Å². The predicted octanol–water partition coefficient (Wildman–Crippen LogP) is 1.56. The molecule has 0 spiro atoms. The van der Waals surface area contributed by atoms with E-state index in [-0.39, 0.29) is 12.5 Å². The highest BCUT2D eigenvalue weighted by Gasteiger charge is 2.31. The van der Waals surface area contributed by atoms with Crippen LogP contribution in [-0.4, -0.2) is 24.7 Å². The van der Waals surface area contributed by atoms with Crippen LogP contribution in [0.5, 0.6) is 0 Å². The maximum atomic E-state index is 13.4. The zero-order valence-electron chi connectivity index (χ0n) is 9.66. The van der Waals surface area contributed by atoms with Crippen molar-refractivity contribution >= 4 is 11.6 Å². The lowest BCUT2D eigenvalue weighted by Gasteiger charge is -2.14. The Morgan fingerprint density at radius 2 is 2.29 bits per heavy atom. The molecular weight excluding hydrogens is 225 g/mol. The molecule has 1 aliphatic rings. The van der Waals surface area contributed by atoms with Gasteiger partial charge in [0.05, 0.1) is 18.2 Å². The van der Waals surface area contributed by atoms with Crippen LogP contribution in [-0.2, 0) is 9.53 Å². The maximum Gasteiger partial charge on any atom is 0.231 e. The number of methoxy groups -OCH3 is 1. The molecule has 17 heavy (non-hydrogen) atoms. The molecule has 0 aromatic heterocycles. The van der Waals surface area contributed by atoms with Gasteiger partial charge in [-0.3, -0.25) is 4.79 Å². The molecule has 1 heterocycles. The summed E-state index contributed by atoms with van der Waals surface area (Å²) in [4.78, 5) is 11.5. The van der Waals surface area contributed by atoms with Gasteiger partial charge in [-0.25, -0.2) is 4.39 Å². The molecule has 1 amide bonds. The lowest BCUT2D eigenvalue weighted by molar-refractivity contribution is -0.116. The number of carbonyl (C=O) groups excluding carboxylic acids is 1. The highest BCUT2D eigenvalue weighted by Crippen LogP contribution is 2.38. The molecule has 0 aliphatic carbocycles. The van der Waals surface area contributed by atoms with Crippen LogP contribution in [0.25, 0.3) is 0 Å². The molecule has 0 saturated carbocycles. The molecule has 0 radical (unpaired) electrons. The highest BCUT2D eigenvalue weighted by atomic mass is 19.1. The molecule has 4 nitrogen and oxygen atoms in total. The van der Waals surface area contributed by atoms with E-state index in [1.165, 1.54) is 19.2 Å². The molecule has 5 heteroatoms. The van der Waals surface area contributed by atoms with Crippen LogP contribution in [0, 0.1) is 5.82 Å². The van der Waals surface area contributed by atoms with Gasteiger partial charge in [0.2, 0.25) is 5.91 Å². The highest BCUT2D eigenvalue weighted by molar-refractivity contribution is 6.03. The number of rotatable bonds is 3. The van der Waals surface area contributed by atoms with Crippen LogP contribution in [0.1, 0.15) is 30.1 Å². The van der Waals surface area contributed by atoms with E-state index in [1.807, 2.05) is 0 Å². The zero-order chi connectivity index (χ0) is 12.6. The van der Waals surface area contributed by atoms with Crippen molar-refractivity contribution in [2.45, 2.75) is 18.9 Å². The average Bonchev–Trinajstić information content (AvgIpc) is 2.55. The number of hydrogen-bond acceptors (Lipinski definition) is 3. The summed E-state index contributed by atoms with van der Waals surface area (Å²) >= 11 is 0. The molecule has 1 aliphatic heterocycles. The van der Waals surface area contributed by atoms with Crippen molar-refractivity contribution in [3.8, 4) is 0 Å². The number of aliphatic hydroxyl groups excluding tert-OH is 1. The Hall–Kier alpha value is -1.46. The minimum absolute atomic E-state index is 0.0557. The normalized spacial score (nSPS) is 20.0. The third kappa shape index (κ3) is 2.03. The smallest absolute Gasteiger partial charge is 0.231 e. The molecule has 1 aromatic rings. The molecule has 0 saturated heterocycles. The van der Waals surface area contributed by atoms with Crippen LogP contribution < -0.4 is 5.32 Å². The minimum atomic E-state index is -0.949. The summed E-state index contributed by atoms with van der Waals surface area (Å²) in [5.74, 6) is -1.04. The van der Waals surface area contributed by atoms with Gasteiger partial charge in [-0.15, -0.1) is 0 Å². The van der Waals surface area contributed by atoms with Gasteiger partial charge >= 0.3 is 0 Å². The number of nitrogens with one attached hydrogen (secondary N) is 1. The van der Waals surface area contributed by atoms with Crippen LogP contribution in [0.4, 0.5) is 10.1 Å². The van der Waals surface area contributed by atoms with Crippen molar-refractivity contribution in [2.24, 2.45) is 0 Å². The number of carbonyl (C=O) groups is 1. The zero-order valence-corrected chi connectivity index (χ0v) is 9.66. The molecule has 2 unspecified atom stereocenters. The maximum absolute atomic E-state index is 13.4. The summed E-state index contributed by atoms with van der Waals surface area (Å²) in [5.41, 5.74) is 1.45. The fraction of sp³-hybridized carbons (Fsp3) is 0.417. The minimum Gasteiger partial charge on any atom is -0.386 e. The van der Waals surface area contributed by atoms with Crippen LogP contribution in [0.15, 0.2) is 12.1 Å². The summed E-state index contributed by atoms with van der Waals surface area (Å²) < 4.78 is 18.3. The van der Waals surface area contributed by atoms with Gasteiger partial charge in [-0.1, -0.05) is 0 Å². The van der Waals surface area contributed by atoms with Gasteiger partial charge < -0.3 is 15.2 Å². The Labute approximate surface area is 98.4 Å². The van der Waals surface area contributed by atoms with Crippen molar-refractivity contribution in [3.63, 3.8) is 0 Å². The number of halogens is 1. The fourth-order valence-corrected chi connectivity index (χ4v) is 2.02. The van der Waals surface area contributed by atoms with Crippen molar-refractivity contribution in [2.75, 3.05) is 19.0 Å². The van der Waals surface area contributed by atoms with E-state index in [9.17, 15) is 14.3 Å². The van der Waals surface area contributed by atoms with E-state index in [2.05, 4.69) is 5.32 Å². The molecule has 2 atom stereocenters. The summed E-state index contributed by atoms with van der Waals surface area (Å²) in [6.45, 7) is 1.76. The first-order valence-corrected chi connectivity index (χ1v) is 5.35. The third-order valence-electron chi connectivity index (χ3n) is 2.96. The summed E-state index contributed by atoms with van der Waals surface area (Å²) in [6, 6.07) is 2.54. The van der Waals surface area contributed by atoms with Gasteiger partial charge in [0.25, 0.3) is 0 Å². The van der Waals surface area contributed by atoms with E-state index in [1.54, 1.807) is 6.92 Å². The second kappa shape index (κ2) is 4.43. The average molecular weight is 239 g/mol. The number of amides is 1. The van der Waals surface area contributed by atoms with Crippen molar-refractivity contribution in [3.05, 3.63) is 29.1 Å². The van der Waals surface area contributed by atoms with Crippen molar-refractivity contribution < 1.29 is 19.0 Å². The molecule has 1 aromatic carbocycles. The number of anilines is 1. The van der Waals surface area contributed by atoms with E-state index in [4.69, 9.17) is 4.74 Å². The first-order valence-electron chi connectivity index (χ1n) is 5.35. The molecule has 2 N–H and O–H groups in total. The Morgan fingerprint density at radius 1 is 1.59 bits per heavy atom. The standard InChI is InChI=1S/C12H14FNO3/c1-6-8-3-7(13)4-9(10(15)5-17-2)11(8)14-12(6)16/h3-4,6,10,15H,5H2,1-2H3,(H,14,16). The second-order valence-corrected chi connectivity index (χ2v) is 4.14. The number of aliphatic hydroxyl groups is 1. The third-order valence-corrected chi connectivity index (χ3v) is 2.96. The second-order valence-electron chi connectivity index (χ2n) is 4.14. The van der Waals surface area contributed by atoms with E-state index in [0.29, 0.717) is 16.8 Å². The van der Waals surface area contributed by atoms with Crippen LogP contribution in [0.2, 0.25) is 0 Å². The van der Waals surface area contributed by atoms with E-state index < -0.39 is 17.8 Å². The van der Waals surface area contributed by atoms with Crippen molar-refractivity contribution in [1.82, 2.24) is 0 Å². The van der Waals surface area contributed by atoms with Gasteiger partial charge in [0, 0.05) is 12.7 Å². The number of ether oxygens (including phenoxy) is 1. The van der Waals surface area contributed by atoms with Gasteiger partial charge in [0.15, 0.2) is 0 Å². The quantitative estimate of drug-likeness (QED) is 0.841. The lowest BCUT2D eigenvalue weighted by atomic mass is 9.98. The van der Waals surface area contributed by atoms with Gasteiger partial charge in [-0.2, -0.15) is 0 Å². The first kappa shape index (κ1) is 12.0. The molecule has 2 rings (SSSR count). The lowest BCUT2D eigenvalue weighted by Crippen LogP contribution is -2.11. The van der Waals surface area contributed by atoms with E-state index in [0.717, 1.165) is 0 Å². The molecule has 92 valence electrons. The SMILES string of the molecule is COCC(O)c1cc(F)cc2c1NC(=O)C2C. The Bertz CT molecular complexity index is 461. The molecule has 0 fully saturated rings. The molecule has 0 bridgehead atoms. The van der Waals surface area contributed by atoms with Gasteiger partial charge in [-0.05, 0) is 24.6 Å². The Morgan fingerprint density at radius 3 is 2.94 bits per heavy atom. The molecular formula is C12H14FNO3. The monoisotopic (exact) mass is 239 g/mol. The Kier molecular flexibility index (Phi) is 3.13.